The number of nitriles is 1. The van der Waals surface area contributed by atoms with Crippen LogP contribution in [0.25, 0.3) is 0 Å². The van der Waals surface area contributed by atoms with Crippen molar-refractivity contribution in [3.63, 3.8) is 0 Å². The van der Waals surface area contributed by atoms with Gasteiger partial charge in [0.05, 0.1) is 6.07 Å². The van der Waals surface area contributed by atoms with Crippen molar-refractivity contribution in [2.45, 2.75) is 19.9 Å². The number of aryl methyl sites for hydroxylation is 1. The molecule has 0 heterocycles. The van der Waals surface area contributed by atoms with E-state index in [0.29, 0.717) is 11.1 Å². The van der Waals surface area contributed by atoms with Crippen molar-refractivity contribution in [2.24, 2.45) is 0 Å². The monoisotopic (exact) mass is 285 g/mol. The van der Waals surface area contributed by atoms with E-state index in [9.17, 15) is 12.8 Å². The van der Waals surface area contributed by atoms with Crippen LogP contribution in [-0.4, -0.2) is 26.3 Å². The maximum atomic E-state index is 13.3. The van der Waals surface area contributed by atoms with Gasteiger partial charge in [-0.3, -0.25) is 0 Å². The van der Waals surface area contributed by atoms with Crippen molar-refractivity contribution in [1.29, 1.82) is 5.26 Å². The molecular weight excluding hydrogens is 269 g/mol. The lowest BCUT2D eigenvalue weighted by Crippen LogP contribution is -2.38. The van der Waals surface area contributed by atoms with Crippen LogP contribution in [0.1, 0.15) is 17.5 Å². The molecule has 7 heteroatoms. The predicted molar refractivity (Wildman–Crippen MR) is 69.8 cm³/mol. The Morgan fingerprint density at radius 3 is 2.74 bits per heavy atom. The molecule has 19 heavy (non-hydrogen) atoms. The van der Waals surface area contributed by atoms with E-state index in [2.05, 4.69) is 4.72 Å². The highest BCUT2D eigenvalue weighted by Gasteiger charge is 2.16. The van der Waals surface area contributed by atoms with Gasteiger partial charge in [-0.15, -0.1) is 0 Å². The fourth-order valence-corrected chi connectivity index (χ4v) is 2.26. The average Bonchev–Trinajstić information content (AvgIpc) is 2.37. The molecule has 0 atom stereocenters. The lowest BCUT2D eigenvalue weighted by atomic mass is 10.1. The maximum absolute atomic E-state index is 13.3. The number of rotatable bonds is 6. The van der Waals surface area contributed by atoms with Gasteiger partial charge in [-0.05, 0) is 24.1 Å². The minimum atomic E-state index is -3.64. The highest BCUT2D eigenvalue weighted by molar-refractivity contribution is 7.87. The van der Waals surface area contributed by atoms with Crippen LogP contribution in [-0.2, 0) is 16.8 Å². The van der Waals surface area contributed by atoms with Crippen LogP contribution in [0, 0.1) is 24.1 Å². The number of nitrogens with zero attached hydrogens (tertiary/aromatic N) is 2. The lowest BCUT2D eigenvalue weighted by Gasteiger charge is -2.16. The van der Waals surface area contributed by atoms with E-state index in [-0.39, 0.29) is 25.3 Å². The molecule has 0 aliphatic heterocycles. The van der Waals surface area contributed by atoms with E-state index in [1.807, 2.05) is 6.07 Å². The van der Waals surface area contributed by atoms with Crippen LogP contribution in [0.3, 0.4) is 0 Å². The van der Waals surface area contributed by atoms with E-state index in [4.69, 9.17) is 5.26 Å². The van der Waals surface area contributed by atoms with Crippen LogP contribution >= 0.6 is 0 Å². The van der Waals surface area contributed by atoms with Crippen molar-refractivity contribution < 1.29 is 12.8 Å². The first-order chi connectivity index (χ1) is 8.86. The summed E-state index contributed by atoms with van der Waals surface area (Å²) in [7, 11) is -2.26. The molecule has 0 saturated carbocycles. The largest absolute Gasteiger partial charge is 0.279 e. The Morgan fingerprint density at radius 1 is 1.47 bits per heavy atom. The Kier molecular flexibility index (Phi) is 5.42. The summed E-state index contributed by atoms with van der Waals surface area (Å²) in [6.45, 7) is 1.77. The van der Waals surface area contributed by atoms with Gasteiger partial charge >= 0.3 is 0 Å². The molecule has 0 saturated heterocycles. The summed E-state index contributed by atoms with van der Waals surface area (Å²) in [5, 5.41) is 8.41. The number of halogens is 1. The van der Waals surface area contributed by atoms with Crippen molar-refractivity contribution in [3.8, 4) is 6.07 Å². The van der Waals surface area contributed by atoms with Crippen LogP contribution in [0.15, 0.2) is 18.2 Å². The molecule has 0 radical (unpaired) electrons. The zero-order chi connectivity index (χ0) is 14.5. The molecule has 1 aromatic carbocycles. The third-order valence-corrected chi connectivity index (χ3v) is 4.16. The number of hydrogen-bond acceptors (Lipinski definition) is 3. The van der Waals surface area contributed by atoms with Crippen LogP contribution < -0.4 is 4.72 Å². The SMILES string of the molecule is Cc1ccc(CNS(=O)(=O)N(C)CCC#N)cc1F. The molecule has 0 aliphatic carbocycles. The maximum Gasteiger partial charge on any atom is 0.279 e. The Morgan fingerprint density at radius 2 is 2.16 bits per heavy atom. The van der Waals surface area contributed by atoms with Gasteiger partial charge in [-0.25, -0.2) is 4.39 Å². The van der Waals surface area contributed by atoms with E-state index in [1.165, 1.54) is 13.1 Å². The van der Waals surface area contributed by atoms with E-state index in [1.54, 1.807) is 19.1 Å². The van der Waals surface area contributed by atoms with Crippen molar-refractivity contribution in [1.82, 2.24) is 9.03 Å². The fraction of sp³-hybridized carbons (Fsp3) is 0.417. The van der Waals surface area contributed by atoms with Crippen molar-refractivity contribution in [2.75, 3.05) is 13.6 Å². The van der Waals surface area contributed by atoms with Gasteiger partial charge in [0.2, 0.25) is 0 Å². The van der Waals surface area contributed by atoms with Gasteiger partial charge < -0.3 is 0 Å². The summed E-state index contributed by atoms with van der Waals surface area (Å²) in [6.07, 6.45) is 0.122. The number of hydrogen-bond donors (Lipinski definition) is 1. The second-order valence-electron chi connectivity index (χ2n) is 4.14. The third kappa shape index (κ3) is 4.59. The van der Waals surface area contributed by atoms with Gasteiger partial charge in [0, 0.05) is 26.6 Å². The third-order valence-electron chi connectivity index (χ3n) is 2.64. The molecule has 5 nitrogen and oxygen atoms in total. The fourth-order valence-electron chi connectivity index (χ4n) is 1.36. The minimum absolute atomic E-state index is 0.0103. The summed E-state index contributed by atoms with van der Waals surface area (Å²) in [5.41, 5.74) is 1.05. The van der Waals surface area contributed by atoms with Crippen LogP contribution in [0.2, 0.25) is 0 Å². The van der Waals surface area contributed by atoms with Gasteiger partial charge in [0.25, 0.3) is 10.2 Å². The highest BCUT2D eigenvalue weighted by Crippen LogP contribution is 2.09. The summed E-state index contributed by atoms with van der Waals surface area (Å²) in [6, 6.07) is 6.43. The first-order valence-corrected chi connectivity index (χ1v) is 7.13. The molecule has 0 spiro atoms. The molecular formula is C12H16FN3O2S. The predicted octanol–water partition coefficient (Wildman–Crippen LogP) is 1.31. The van der Waals surface area contributed by atoms with Crippen LogP contribution in [0.4, 0.5) is 4.39 Å². The van der Waals surface area contributed by atoms with E-state index < -0.39 is 10.2 Å². The topological polar surface area (TPSA) is 73.2 Å². The number of nitrogens with one attached hydrogen (secondary N) is 1. The number of benzene rings is 1. The smallest absolute Gasteiger partial charge is 0.207 e. The zero-order valence-corrected chi connectivity index (χ0v) is 11.7. The molecule has 0 unspecified atom stereocenters. The zero-order valence-electron chi connectivity index (χ0n) is 10.9. The average molecular weight is 285 g/mol. The van der Waals surface area contributed by atoms with E-state index in [0.717, 1.165) is 4.31 Å². The molecule has 0 amide bonds. The van der Waals surface area contributed by atoms with Gasteiger partial charge in [-0.2, -0.15) is 22.7 Å². The molecule has 0 aromatic heterocycles. The second-order valence-corrected chi connectivity index (χ2v) is 6.00. The normalized spacial score (nSPS) is 11.5. The molecule has 1 rings (SSSR count). The summed E-state index contributed by atoms with van der Waals surface area (Å²) >= 11 is 0. The first-order valence-electron chi connectivity index (χ1n) is 5.69. The Hall–Kier alpha value is -1.49. The molecule has 1 N–H and O–H groups in total. The Bertz CT molecular complexity index is 581. The lowest BCUT2D eigenvalue weighted by molar-refractivity contribution is 0.464. The van der Waals surface area contributed by atoms with Gasteiger partial charge in [0.1, 0.15) is 5.82 Å². The Balaban J connectivity index is 2.65. The molecule has 0 aliphatic rings. The van der Waals surface area contributed by atoms with Gasteiger partial charge in [0.15, 0.2) is 0 Å². The Labute approximate surface area is 112 Å². The standard InChI is InChI=1S/C12H16FN3O2S/c1-10-4-5-11(8-12(10)13)9-15-19(17,18)16(2)7-3-6-14/h4-5,8,15H,3,7,9H2,1-2H3. The summed E-state index contributed by atoms with van der Waals surface area (Å²) in [5.74, 6) is -0.366. The summed E-state index contributed by atoms with van der Waals surface area (Å²) < 4.78 is 40.3. The summed E-state index contributed by atoms with van der Waals surface area (Å²) in [4.78, 5) is 0. The first kappa shape index (κ1) is 15.6. The van der Waals surface area contributed by atoms with Gasteiger partial charge in [-0.1, -0.05) is 12.1 Å². The van der Waals surface area contributed by atoms with Crippen LogP contribution in [0.5, 0.6) is 0 Å². The van der Waals surface area contributed by atoms with E-state index >= 15 is 0 Å². The molecule has 0 bridgehead atoms. The minimum Gasteiger partial charge on any atom is -0.207 e. The van der Waals surface area contributed by atoms with Crippen molar-refractivity contribution in [3.05, 3.63) is 35.1 Å². The second kappa shape index (κ2) is 6.61. The molecule has 1 aromatic rings. The molecule has 0 fully saturated rings. The quantitative estimate of drug-likeness (QED) is 0.856. The highest BCUT2D eigenvalue weighted by atomic mass is 32.2. The van der Waals surface area contributed by atoms with Crippen molar-refractivity contribution >= 4 is 10.2 Å². The molecule has 104 valence electrons.